The first-order chi connectivity index (χ1) is 8.58. The van der Waals surface area contributed by atoms with E-state index in [9.17, 15) is 9.18 Å². The fraction of sp³-hybridized carbons (Fsp3) is 0.500. The minimum atomic E-state index is -0.429. The first kappa shape index (κ1) is 13.0. The highest BCUT2D eigenvalue weighted by Crippen LogP contribution is 2.23. The van der Waals surface area contributed by atoms with Gasteiger partial charge in [0.1, 0.15) is 11.9 Å². The normalized spacial score (nSPS) is 17.3. The summed E-state index contributed by atoms with van der Waals surface area (Å²) in [5, 5.41) is 3.01. The van der Waals surface area contributed by atoms with Crippen molar-refractivity contribution < 1.29 is 9.18 Å². The number of nitrogens with one attached hydrogen (secondary N) is 1. The SMILES string of the molecule is CN(C)C(C(=O)NC1CCC1)c1cccc(F)c1. The average Bonchev–Trinajstić information content (AvgIpc) is 2.23. The second kappa shape index (κ2) is 5.48. The monoisotopic (exact) mass is 250 g/mol. The van der Waals surface area contributed by atoms with Gasteiger partial charge in [0, 0.05) is 6.04 Å². The summed E-state index contributed by atoms with van der Waals surface area (Å²) in [6.45, 7) is 0. The molecule has 0 aliphatic heterocycles. The second-order valence-electron chi connectivity index (χ2n) is 5.06. The maximum atomic E-state index is 13.2. The van der Waals surface area contributed by atoms with Gasteiger partial charge in [-0.1, -0.05) is 12.1 Å². The van der Waals surface area contributed by atoms with Crippen LogP contribution in [0.5, 0.6) is 0 Å². The molecule has 1 amide bonds. The molecule has 1 aromatic carbocycles. The molecule has 0 spiro atoms. The summed E-state index contributed by atoms with van der Waals surface area (Å²) < 4.78 is 13.2. The minimum absolute atomic E-state index is 0.0460. The van der Waals surface area contributed by atoms with Crippen molar-refractivity contribution in [3.05, 3.63) is 35.6 Å². The summed E-state index contributed by atoms with van der Waals surface area (Å²) >= 11 is 0. The molecule has 0 saturated heterocycles. The molecule has 1 aliphatic rings. The van der Waals surface area contributed by atoms with Crippen molar-refractivity contribution in [2.24, 2.45) is 0 Å². The van der Waals surface area contributed by atoms with E-state index in [1.54, 1.807) is 12.1 Å². The van der Waals surface area contributed by atoms with Gasteiger partial charge in [0.25, 0.3) is 0 Å². The zero-order valence-electron chi connectivity index (χ0n) is 10.8. The van der Waals surface area contributed by atoms with E-state index in [4.69, 9.17) is 0 Å². The fourth-order valence-electron chi connectivity index (χ4n) is 2.19. The van der Waals surface area contributed by atoms with Crippen LogP contribution in [0.1, 0.15) is 30.9 Å². The number of halogens is 1. The molecule has 3 nitrogen and oxygen atoms in total. The lowest BCUT2D eigenvalue weighted by Gasteiger charge is -2.31. The Morgan fingerprint density at radius 2 is 2.17 bits per heavy atom. The summed E-state index contributed by atoms with van der Waals surface area (Å²) in [5.41, 5.74) is 0.692. The van der Waals surface area contributed by atoms with Crippen LogP contribution in [0.4, 0.5) is 4.39 Å². The molecule has 0 aromatic heterocycles. The molecule has 1 saturated carbocycles. The molecule has 0 radical (unpaired) electrons. The number of likely N-dealkylation sites (N-methyl/N-ethyl adjacent to an activating group) is 1. The standard InChI is InChI=1S/C14H19FN2O/c1-17(2)13(10-5-3-6-11(15)9-10)14(18)16-12-7-4-8-12/h3,5-6,9,12-13H,4,7-8H2,1-2H3,(H,16,18). The van der Waals surface area contributed by atoms with Crippen LogP contribution in [-0.2, 0) is 4.79 Å². The lowest BCUT2D eigenvalue weighted by molar-refractivity contribution is -0.127. The molecular weight excluding hydrogens is 231 g/mol. The van der Waals surface area contributed by atoms with Gasteiger partial charge >= 0.3 is 0 Å². The molecule has 0 bridgehead atoms. The Morgan fingerprint density at radius 3 is 2.67 bits per heavy atom. The third-order valence-corrected chi connectivity index (χ3v) is 3.38. The molecule has 98 valence electrons. The highest BCUT2D eigenvalue weighted by molar-refractivity contribution is 5.83. The van der Waals surface area contributed by atoms with Crippen molar-refractivity contribution in [1.29, 1.82) is 0 Å². The van der Waals surface area contributed by atoms with Gasteiger partial charge in [0.15, 0.2) is 0 Å². The van der Waals surface area contributed by atoms with Crippen LogP contribution < -0.4 is 5.32 Å². The molecule has 1 N–H and O–H groups in total. The molecule has 1 aliphatic carbocycles. The van der Waals surface area contributed by atoms with E-state index in [1.807, 2.05) is 19.0 Å². The summed E-state index contributed by atoms with van der Waals surface area (Å²) in [5.74, 6) is -0.355. The van der Waals surface area contributed by atoms with Crippen molar-refractivity contribution in [3.63, 3.8) is 0 Å². The van der Waals surface area contributed by atoms with Crippen LogP contribution in [0.3, 0.4) is 0 Å². The van der Waals surface area contributed by atoms with Gasteiger partial charge in [0.05, 0.1) is 0 Å². The van der Waals surface area contributed by atoms with Crippen LogP contribution in [0.25, 0.3) is 0 Å². The lowest BCUT2D eigenvalue weighted by Crippen LogP contribution is -2.45. The number of amides is 1. The van der Waals surface area contributed by atoms with E-state index >= 15 is 0 Å². The Hall–Kier alpha value is -1.42. The van der Waals surface area contributed by atoms with E-state index < -0.39 is 6.04 Å². The van der Waals surface area contributed by atoms with Gasteiger partial charge in [0.2, 0.25) is 5.91 Å². The molecule has 1 unspecified atom stereocenters. The Balaban J connectivity index is 2.14. The first-order valence-corrected chi connectivity index (χ1v) is 6.30. The van der Waals surface area contributed by atoms with Crippen molar-refractivity contribution in [2.75, 3.05) is 14.1 Å². The van der Waals surface area contributed by atoms with E-state index in [0.717, 1.165) is 12.8 Å². The molecule has 0 heterocycles. The van der Waals surface area contributed by atoms with Gasteiger partial charge < -0.3 is 5.32 Å². The molecule has 2 rings (SSSR count). The number of rotatable bonds is 4. The van der Waals surface area contributed by atoms with Crippen LogP contribution in [0.15, 0.2) is 24.3 Å². The average molecular weight is 250 g/mol. The van der Waals surface area contributed by atoms with E-state index in [0.29, 0.717) is 11.6 Å². The molecule has 1 aromatic rings. The summed E-state index contributed by atoms with van der Waals surface area (Å²) in [6.07, 6.45) is 3.28. The van der Waals surface area contributed by atoms with Gasteiger partial charge in [-0.2, -0.15) is 0 Å². The fourth-order valence-corrected chi connectivity index (χ4v) is 2.19. The molecule has 1 fully saturated rings. The quantitative estimate of drug-likeness (QED) is 0.887. The first-order valence-electron chi connectivity index (χ1n) is 6.30. The summed E-state index contributed by atoms with van der Waals surface area (Å²) in [6, 6.07) is 6.10. The number of benzene rings is 1. The predicted octanol–water partition coefficient (Wildman–Crippen LogP) is 2.10. The van der Waals surface area contributed by atoms with Gasteiger partial charge in [-0.3, -0.25) is 9.69 Å². The summed E-state index contributed by atoms with van der Waals surface area (Å²) in [4.78, 5) is 14.0. The van der Waals surface area contributed by atoms with Crippen molar-refractivity contribution >= 4 is 5.91 Å². The Labute approximate surface area is 107 Å². The number of carbonyl (C=O) groups excluding carboxylic acids is 1. The zero-order valence-corrected chi connectivity index (χ0v) is 10.8. The van der Waals surface area contributed by atoms with Gasteiger partial charge in [-0.15, -0.1) is 0 Å². The molecule has 18 heavy (non-hydrogen) atoms. The number of nitrogens with zero attached hydrogens (tertiary/aromatic N) is 1. The maximum absolute atomic E-state index is 13.2. The Morgan fingerprint density at radius 1 is 1.44 bits per heavy atom. The highest BCUT2D eigenvalue weighted by Gasteiger charge is 2.27. The zero-order chi connectivity index (χ0) is 13.1. The number of hydrogen-bond acceptors (Lipinski definition) is 2. The molecule has 4 heteroatoms. The van der Waals surface area contributed by atoms with Crippen LogP contribution in [-0.4, -0.2) is 30.9 Å². The third kappa shape index (κ3) is 2.88. The van der Waals surface area contributed by atoms with E-state index in [2.05, 4.69) is 5.32 Å². The smallest absolute Gasteiger partial charge is 0.242 e. The van der Waals surface area contributed by atoms with Crippen molar-refractivity contribution in [2.45, 2.75) is 31.3 Å². The van der Waals surface area contributed by atoms with Gasteiger partial charge in [-0.05, 0) is 51.1 Å². The van der Waals surface area contributed by atoms with E-state index in [-0.39, 0.29) is 11.7 Å². The Kier molecular flexibility index (Phi) is 3.97. The topological polar surface area (TPSA) is 32.3 Å². The molecular formula is C14H19FN2O. The number of carbonyl (C=O) groups is 1. The van der Waals surface area contributed by atoms with Crippen molar-refractivity contribution in [1.82, 2.24) is 10.2 Å². The highest BCUT2D eigenvalue weighted by atomic mass is 19.1. The minimum Gasteiger partial charge on any atom is -0.352 e. The Bertz CT molecular complexity index is 430. The van der Waals surface area contributed by atoms with Crippen LogP contribution in [0, 0.1) is 5.82 Å². The van der Waals surface area contributed by atoms with E-state index in [1.165, 1.54) is 18.6 Å². The maximum Gasteiger partial charge on any atom is 0.242 e. The van der Waals surface area contributed by atoms with Crippen LogP contribution in [0.2, 0.25) is 0 Å². The van der Waals surface area contributed by atoms with Crippen molar-refractivity contribution in [3.8, 4) is 0 Å². The van der Waals surface area contributed by atoms with Crippen LogP contribution >= 0.6 is 0 Å². The number of hydrogen-bond donors (Lipinski definition) is 1. The van der Waals surface area contributed by atoms with Gasteiger partial charge in [-0.25, -0.2) is 4.39 Å². The second-order valence-corrected chi connectivity index (χ2v) is 5.06. The lowest BCUT2D eigenvalue weighted by atomic mass is 9.92. The predicted molar refractivity (Wildman–Crippen MR) is 68.6 cm³/mol. The summed E-state index contributed by atoms with van der Waals surface area (Å²) in [7, 11) is 3.66. The third-order valence-electron chi connectivity index (χ3n) is 3.38. The largest absolute Gasteiger partial charge is 0.352 e. The molecule has 1 atom stereocenters.